The number of likely N-dealkylation sites (N-methyl/N-ethyl adjacent to an activating group) is 1. The van der Waals surface area contributed by atoms with Crippen molar-refractivity contribution in [2.24, 2.45) is 0 Å². The minimum Gasteiger partial charge on any atom is -0.454 e. The first-order chi connectivity index (χ1) is 9.26. The van der Waals surface area contributed by atoms with Crippen molar-refractivity contribution < 1.29 is 14.6 Å². The lowest BCUT2D eigenvalue weighted by molar-refractivity contribution is 0.0539. The molecule has 5 nitrogen and oxygen atoms in total. The van der Waals surface area contributed by atoms with Gasteiger partial charge in [-0.25, -0.2) is 0 Å². The summed E-state index contributed by atoms with van der Waals surface area (Å²) in [7, 11) is 2.07. The van der Waals surface area contributed by atoms with Crippen LogP contribution in [0.1, 0.15) is 5.56 Å². The van der Waals surface area contributed by atoms with Crippen LogP contribution in [0.3, 0.4) is 0 Å². The molecular weight excluding hydrogens is 244 g/mol. The summed E-state index contributed by atoms with van der Waals surface area (Å²) >= 11 is 0. The molecule has 0 radical (unpaired) electrons. The predicted octanol–water partition coefficient (Wildman–Crippen LogP) is 0.524. The Balaban J connectivity index is 1.65. The van der Waals surface area contributed by atoms with Crippen LogP contribution in [0.25, 0.3) is 0 Å². The number of ether oxygens (including phenoxy) is 2. The molecule has 104 valence electrons. The summed E-state index contributed by atoms with van der Waals surface area (Å²) in [4.78, 5) is 4.59. The fourth-order valence-electron chi connectivity index (χ4n) is 2.65. The zero-order chi connectivity index (χ0) is 13.2. The van der Waals surface area contributed by atoms with Crippen molar-refractivity contribution in [1.82, 2.24) is 9.80 Å². The van der Waals surface area contributed by atoms with Gasteiger partial charge < -0.3 is 14.6 Å². The highest BCUT2D eigenvalue weighted by Gasteiger charge is 2.24. The molecule has 19 heavy (non-hydrogen) atoms. The first kappa shape index (κ1) is 12.7. The molecule has 2 aliphatic heterocycles. The van der Waals surface area contributed by atoms with Gasteiger partial charge in [0, 0.05) is 32.2 Å². The smallest absolute Gasteiger partial charge is 0.231 e. The van der Waals surface area contributed by atoms with Gasteiger partial charge in [0.1, 0.15) is 0 Å². The normalized spacial score (nSPS) is 23.8. The maximum Gasteiger partial charge on any atom is 0.231 e. The number of nitrogens with zero attached hydrogens (tertiary/aromatic N) is 2. The second-order valence-electron chi connectivity index (χ2n) is 5.24. The first-order valence-electron chi connectivity index (χ1n) is 6.68. The molecule has 1 atom stereocenters. The summed E-state index contributed by atoms with van der Waals surface area (Å²) in [6.07, 6.45) is 0. The monoisotopic (exact) mass is 264 g/mol. The Hall–Kier alpha value is -1.30. The SMILES string of the molecule is CN1CCN(Cc2ccc3c(c2)OCO3)CC1CO. The summed E-state index contributed by atoms with van der Waals surface area (Å²) in [5, 5.41) is 9.37. The molecule has 0 bridgehead atoms. The molecule has 1 aromatic rings. The molecule has 0 aliphatic carbocycles. The van der Waals surface area contributed by atoms with Gasteiger partial charge in [0.25, 0.3) is 0 Å². The molecule has 2 heterocycles. The van der Waals surface area contributed by atoms with Gasteiger partial charge >= 0.3 is 0 Å². The largest absolute Gasteiger partial charge is 0.454 e. The fraction of sp³-hybridized carbons (Fsp3) is 0.571. The van der Waals surface area contributed by atoms with Crippen LogP contribution in [0.2, 0.25) is 0 Å². The zero-order valence-corrected chi connectivity index (χ0v) is 11.2. The third-order valence-corrected chi connectivity index (χ3v) is 3.92. The van der Waals surface area contributed by atoms with Gasteiger partial charge in [0.2, 0.25) is 6.79 Å². The first-order valence-corrected chi connectivity index (χ1v) is 6.68. The average Bonchev–Trinajstić information content (AvgIpc) is 2.88. The summed E-state index contributed by atoms with van der Waals surface area (Å²) in [6.45, 7) is 4.35. The van der Waals surface area contributed by atoms with E-state index < -0.39 is 0 Å². The van der Waals surface area contributed by atoms with Crippen molar-refractivity contribution in [3.8, 4) is 11.5 Å². The molecular formula is C14H20N2O3. The van der Waals surface area contributed by atoms with Gasteiger partial charge in [0.15, 0.2) is 11.5 Å². The number of fused-ring (bicyclic) bond motifs is 1. The average molecular weight is 264 g/mol. The van der Waals surface area contributed by atoms with Crippen molar-refractivity contribution in [3.63, 3.8) is 0 Å². The van der Waals surface area contributed by atoms with Crippen LogP contribution in [-0.4, -0.2) is 61.0 Å². The van der Waals surface area contributed by atoms with E-state index in [9.17, 15) is 5.11 Å². The molecule has 1 N–H and O–H groups in total. The Labute approximate surface area is 113 Å². The Bertz CT molecular complexity index is 452. The Morgan fingerprint density at radius 3 is 2.95 bits per heavy atom. The Kier molecular flexibility index (Phi) is 3.59. The van der Waals surface area contributed by atoms with E-state index in [1.54, 1.807) is 0 Å². The van der Waals surface area contributed by atoms with Crippen molar-refractivity contribution >= 4 is 0 Å². The van der Waals surface area contributed by atoms with E-state index in [0.717, 1.165) is 37.7 Å². The highest BCUT2D eigenvalue weighted by molar-refractivity contribution is 5.44. The van der Waals surface area contributed by atoms with Crippen LogP contribution in [-0.2, 0) is 6.54 Å². The molecule has 1 saturated heterocycles. The highest BCUT2D eigenvalue weighted by Crippen LogP contribution is 2.32. The Morgan fingerprint density at radius 1 is 1.26 bits per heavy atom. The number of aliphatic hydroxyl groups is 1. The Morgan fingerprint density at radius 2 is 2.11 bits per heavy atom. The molecule has 0 aromatic heterocycles. The van der Waals surface area contributed by atoms with Crippen molar-refractivity contribution in [2.75, 3.05) is 40.1 Å². The van der Waals surface area contributed by atoms with E-state index in [1.807, 2.05) is 6.07 Å². The van der Waals surface area contributed by atoms with Gasteiger partial charge in [0.05, 0.1) is 6.61 Å². The number of hydrogen-bond acceptors (Lipinski definition) is 5. The van der Waals surface area contributed by atoms with Gasteiger partial charge in [-0.15, -0.1) is 0 Å². The number of aliphatic hydroxyl groups excluding tert-OH is 1. The third kappa shape index (κ3) is 2.68. The molecule has 0 amide bonds. The molecule has 2 aliphatic rings. The predicted molar refractivity (Wildman–Crippen MR) is 71.3 cm³/mol. The lowest BCUT2D eigenvalue weighted by Crippen LogP contribution is -2.52. The second kappa shape index (κ2) is 5.36. The zero-order valence-electron chi connectivity index (χ0n) is 11.2. The number of benzene rings is 1. The van der Waals surface area contributed by atoms with E-state index >= 15 is 0 Å². The van der Waals surface area contributed by atoms with E-state index in [-0.39, 0.29) is 12.6 Å². The minimum absolute atomic E-state index is 0.216. The van der Waals surface area contributed by atoms with Crippen LogP contribution in [0.5, 0.6) is 11.5 Å². The topological polar surface area (TPSA) is 45.2 Å². The van der Waals surface area contributed by atoms with E-state index in [0.29, 0.717) is 6.79 Å². The molecule has 5 heteroatoms. The van der Waals surface area contributed by atoms with Gasteiger partial charge in [-0.05, 0) is 24.7 Å². The highest BCUT2D eigenvalue weighted by atomic mass is 16.7. The lowest BCUT2D eigenvalue weighted by Gasteiger charge is -2.38. The van der Waals surface area contributed by atoms with Gasteiger partial charge in [-0.2, -0.15) is 0 Å². The number of piperazine rings is 1. The van der Waals surface area contributed by atoms with Crippen LogP contribution >= 0.6 is 0 Å². The maximum absolute atomic E-state index is 9.37. The minimum atomic E-state index is 0.216. The molecule has 1 fully saturated rings. The van der Waals surface area contributed by atoms with Gasteiger partial charge in [-0.3, -0.25) is 9.80 Å². The second-order valence-corrected chi connectivity index (χ2v) is 5.24. The molecule has 0 spiro atoms. The molecule has 1 unspecified atom stereocenters. The standard InChI is InChI=1S/C14H20N2O3/c1-15-4-5-16(8-12(15)9-17)7-11-2-3-13-14(6-11)19-10-18-13/h2-3,6,12,17H,4-5,7-10H2,1H3. The van der Waals surface area contributed by atoms with Crippen LogP contribution in [0, 0.1) is 0 Å². The summed E-state index contributed by atoms with van der Waals surface area (Å²) < 4.78 is 10.7. The quantitative estimate of drug-likeness (QED) is 0.862. The summed E-state index contributed by atoms with van der Waals surface area (Å²) in [5.74, 6) is 1.67. The van der Waals surface area contributed by atoms with Crippen molar-refractivity contribution in [1.29, 1.82) is 0 Å². The maximum atomic E-state index is 9.37. The number of hydrogen-bond donors (Lipinski definition) is 1. The van der Waals surface area contributed by atoms with Crippen LogP contribution in [0.15, 0.2) is 18.2 Å². The summed E-state index contributed by atoms with van der Waals surface area (Å²) in [5.41, 5.74) is 1.23. The molecule has 0 saturated carbocycles. The van der Waals surface area contributed by atoms with Crippen molar-refractivity contribution in [3.05, 3.63) is 23.8 Å². The van der Waals surface area contributed by atoms with Crippen LogP contribution < -0.4 is 9.47 Å². The van der Waals surface area contributed by atoms with Crippen LogP contribution in [0.4, 0.5) is 0 Å². The fourth-order valence-corrected chi connectivity index (χ4v) is 2.65. The van der Waals surface area contributed by atoms with E-state index in [2.05, 4.69) is 29.0 Å². The molecule has 1 aromatic carbocycles. The summed E-state index contributed by atoms with van der Waals surface area (Å²) in [6, 6.07) is 6.34. The van der Waals surface area contributed by atoms with Crippen molar-refractivity contribution in [2.45, 2.75) is 12.6 Å². The van der Waals surface area contributed by atoms with Gasteiger partial charge in [-0.1, -0.05) is 6.07 Å². The number of rotatable bonds is 3. The van der Waals surface area contributed by atoms with E-state index in [1.165, 1.54) is 5.56 Å². The van der Waals surface area contributed by atoms with E-state index in [4.69, 9.17) is 9.47 Å². The molecule has 3 rings (SSSR count). The third-order valence-electron chi connectivity index (χ3n) is 3.92. The lowest BCUT2D eigenvalue weighted by atomic mass is 10.1.